The van der Waals surface area contributed by atoms with Crippen molar-refractivity contribution in [2.75, 3.05) is 18.0 Å². The van der Waals surface area contributed by atoms with Crippen LogP contribution in [-0.4, -0.2) is 22.6 Å². The van der Waals surface area contributed by atoms with Gasteiger partial charge in [0.25, 0.3) is 0 Å². The summed E-state index contributed by atoms with van der Waals surface area (Å²) in [6, 6.07) is 37.1. The zero-order valence-electron chi connectivity index (χ0n) is 19.7. The van der Waals surface area contributed by atoms with E-state index in [1.54, 1.807) is 0 Å². The normalized spacial score (nSPS) is 13.9. The van der Waals surface area contributed by atoms with E-state index in [2.05, 4.69) is 113 Å². The molecule has 1 aliphatic heterocycles. The Kier molecular flexibility index (Phi) is 4.80. The molecule has 0 bridgehead atoms. The molecule has 35 heavy (non-hydrogen) atoms. The maximum Gasteiger partial charge on any atom is 0.0809 e. The van der Waals surface area contributed by atoms with Gasteiger partial charge in [-0.15, -0.1) is 0 Å². The van der Waals surface area contributed by atoms with Crippen molar-refractivity contribution < 1.29 is 0 Å². The van der Waals surface area contributed by atoms with Crippen molar-refractivity contribution in [1.29, 1.82) is 0 Å². The van der Waals surface area contributed by atoms with Gasteiger partial charge in [0.15, 0.2) is 0 Å². The first-order chi connectivity index (χ1) is 17.4. The van der Waals surface area contributed by atoms with E-state index in [-0.39, 0.29) is 0 Å². The van der Waals surface area contributed by atoms with Crippen molar-refractivity contribution in [2.45, 2.75) is 19.4 Å². The van der Waals surface area contributed by atoms with Crippen LogP contribution in [0.25, 0.3) is 44.0 Å². The molecule has 0 spiro atoms. The lowest BCUT2D eigenvalue weighted by molar-refractivity contribution is 0.871. The molecular formula is C32H27N3. The van der Waals surface area contributed by atoms with E-state index >= 15 is 0 Å². The first-order valence-corrected chi connectivity index (χ1v) is 12.6. The number of aromatic nitrogens is 2. The van der Waals surface area contributed by atoms with E-state index in [4.69, 9.17) is 4.98 Å². The van der Waals surface area contributed by atoms with Crippen LogP contribution in [0.3, 0.4) is 0 Å². The maximum absolute atomic E-state index is 5.24. The van der Waals surface area contributed by atoms with Crippen LogP contribution in [-0.2, 0) is 6.54 Å². The van der Waals surface area contributed by atoms with E-state index < -0.39 is 0 Å². The van der Waals surface area contributed by atoms with Crippen LogP contribution in [0, 0.1) is 0 Å². The van der Waals surface area contributed by atoms with Crippen LogP contribution in [0.15, 0.2) is 103 Å². The molecule has 2 aromatic heterocycles. The Balaban J connectivity index is 1.51. The highest BCUT2D eigenvalue weighted by atomic mass is 15.1. The molecular weight excluding hydrogens is 426 g/mol. The largest absolute Gasteiger partial charge is 0.372 e. The summed E-state index contributed by atoms with van der Waals surface area (Å²) in [6.07, 6.45) is 2.57. The standard InChI is InChI=1S/C32H27N3/c1-2-10-23(11-3-1)22-35-29-15-7-5-13-27(29)30-31(33-28-14-6-4-12-26(28)32(30)35)24-16-18-25(19-17-24)34-20-8-9-21-34/h1-7,10-19H,8-9,20-22H2. The number of nitrogens with zero attached hydrogens (tertiary/aromatic N) is 3. The molecule has 170 valence electrons. The fourth-order valence-electron chi connectivity index (χ4n) is 5.72. The first kappa shape index (κ1) is 20.3. The summed E-state index contributed by atoms with van der Waals surface area (Å²) in [5.41, 5.74) is 8.40. The molecule has 3 nitrogen and oxygen atoms in total. The van der Waals surface area contributed by atoms with Gasteiger partial charge in [-0.05, 0) is 42.7 Å². The van der Waals surface area contributed by atoms with Gasteiger partial charge in [-0.2, -0.15) is 0 Å². The molecule has 1 aliphatic rings. The Morgan fingerprint density at radius 1 is 0.657 bits per heavy atom. The number of fused-ring (bicyclic) bond motifs is 5. The lowest BCUT2D eigenvalue weighted by atomic mass is 10.0. The predicted molar refractivity (Wildman–Crippen MR) is 147 cm³/mol. The smallest absolute Gasteiger partial charge is 0.0809 e. The summed E-state index contributed by atoms with van der Waals surface area (Å²) >= 11 is 0. The Bertz CT molecular complexity index is 1660. The average Bonchev–Trinajstić information content (AvgIpc) is 3.57. The van der Waals surface area contributed by atoms with Crippen LogP contribution in [0.2, 0.25) is 0 Å². The molecule has 0 amide bonds. The lowest BCUT2D eigenvalue weighted by Crippen LogP contribution is -2.17. The molecule has 3 heteroatoms. The minimum absolute atomic E-state index is 0.826. The number of benzene rings is 4. The van der Waals surface area contributed by atoms with E-state index in [1.165, 1.54) is 56.8 Å². The molecule has 7 rings (SSSR count). The highest BCUT2D eigenvalue weighted by Crippen LogP contribution is 2.40. The summed E-state index contributed by atoms with van der Waals surface area (Å²) in [7, 11) is 0. The zero-order valence-corrected chi connectivity index (χ0v) is 19.7. The van der Waals surface area contributed by atoms with Gasteiger partial charge in [-0.25, -0.2) is 4.98 Å². The number of pyridine rings is 1. The van der Waals surface area contributed by atoms with Crippen molar-refractivity contribution in [3.63, 3.8) is 0 Å². The monoisotopic (exact) mass is 453 g/mol. The Labute approximate surface area is 205 Å². The molecule has 1 fully saturated rings. The number of hydrogen-bond acceptors (Lipinski definition) is 2. The van der Waals surface area contributed by atoms with Gasteiger partial charge < -0.3 is 9.47 Å². The van der Waals surface area contributed by atoms with Gasteiger partial charge in [0.05, 0.1) is 16.7 Å². The molecule has 0 unspecified atom stereocenters. The van der Waals surface area contributed by atoms with Gasteiger partial charge >= 0.3 is 0 Å². The molecule has 0 radical (unpaired) electrons. The van der Waals surface area contributed by atoms with Gasteiger partial charge in [0, 0.05) is 52.6 Å². The highest BCUT2D eigenvalue weighted by Gasteiger charge is 2.20. The third-order valence-corrected chi connectivity index (χ3v) is 7.39. The van der Waals surface area contributed by atoms with Gasteiger partial charge in [0.2, 0.25) is 0 Å². The summed E-state index contributed by atoms with van der Waals surface area (Å²) in [5, 5.41) is 3.70. The van der Waals surface area contributed by atoms with Crippen LogP contribution < -0.4 is 4.90 Å². The van der Waals surface area contributed by atoms with E-state index in [0.717, 1.165) is 30.8 Å². The van der Waals surface area contributed by atoms with E-state index in [9.17, 15) is 0 Å². The molecule has 6 aromatic rings. The third kappa shape index (κ3) is 3.38. The minimum atomic E-state index is 0.826. The second kappa shape index (κ2) is 8.28. The fraction of sp³-hybridized carbons (Fsp3) is 0.156. The van der Waals surface area contributed by atoms with Crippen LogP contribution in [0.5, 0.6) is 0 Å². The molecule has 0 aliphatic carbocycles. The molecule has 1 saturated heterocycles. The maximum atomic E-state index is 5.24. The average molecular weight is 454 g/mol. The predicted octanol–water partition coefficient (Wildman–Crippen LogP) is 7.66. The summed E-state index contributed by atoms with van der Waals surface area (Å²) in [4.78, 5) is 7.73. The van der Waals surface area contributed by atoms with E-state index in [1.807, 2.05) is 0 Å². The minimum Gasteiger partial charge on any atom is -0.372 e. The summed E-state index contributed by atoms with van der Waals surface area (Å²) < 4.78 is 2.48. The Morgan fingerprint density at radius 2 is 1.34 bits per heavy atom. The van der Waals surface area contributed by atoms with Crippen LogP contribution in [0.4, 0.5) is 5.69 Å². The quantitative estimate of drug-likeness (QED) is 0.273. The van der Waals surface area contributed by atoms with E-state index in [0.29, 0.717) is 0 Å². The first-order valence-electron chi connectivity index (χ1n) is 12.6. The van der Waals surface area contributed by atoms with Gasteiger partial charge in [-0.3, -0.25) is 0 Å². The topological polar surface area (TPSA) is 21.1 Å². The van der Waals surface area contributed by atoms with Crippen molar-refractivity contribution in [2.24, 2.45) is 0 Å². The van der Waals surface area contributed by atoms with Gasteiger partial charge in [-0.1, -0.05) is 78.9 Å². The zero-order chi connectivity index (χ0) is 23.2. The van der Waals surface area contributed by atoms with Crippen molar-refractivity contribution in [3.05, 3.63) is 109 Å². The summed E-state index contributed by atoms with van der Waals surface area (Å²) in [5.74, 6) is 0. The highest BCUT2D eigenvalue weighted by molar-refractivity contribution is 6.21. The fourth-order valence-corrected chi connectivity index (χ4v) is 5.72. The second-order valence-corrected chi connectivity index (χ2v) is 9.53. The lowest BCUT2D eigenvalue weighted by Gasteiger charge is -2.18. The summed E-state index contributed by atoms with van der Waals surface area (Å²) in [6.45, 7) is 3.14. The van der Waals surface area contributed by atoms with Crippen molar-refractivity contribution in [3.8, 4) is 11.3 Å². The number of anilines is 1. The second-order valence-electron chi connectivity index (χ2n) is 9.53. The Hall–Kier alpha value is -4.11. The molecule has 3 heterocycles. The molecule has 0 N–H and O–H groups in total. The van der Waals surface area contributed by atoms with Crippen LogP contribution in [0.1, 0.15) is 18.4 Å². The molecule has 0 atom stereocenters. The van der Waals surface area contributed by atoms with Crippen molar-refractivity contribution in [1.82, 2.24) is 9.55 Å². The van der Waals surface area contributed by atoms with Crippen molar-refractivity contribution >= 4 is 38.4 Å². The van der Waals surface area contributed by atoms with Crippen LogP contribution >= 0.6 is 0 Å². The van der Waals surface area contributed by atoms with Gasteiger partial charge in [0.1, 0.15) is 0 Å². The third-order valence-electron chi connectivity index (χ3n) is 7.39. The SMILES string of the molecule is c1ccc(Cn2c3ccccc3c3c(-c4ccc(N5CCCC5)cc4)nc4ccccc4c32)cc1. The molecule has 4 aromatic carbocycles. The number of para-hydroxylation sites is 2. The Morgan fingerprint density at radius 3 is 2.14 bits per heavy atom. The number of rotatable bonds is 4. The molecule has 0 saturated carbocycles. The number of hydrogen-bond donors (Lipinski definition) is 0.